The van der Waals surface area contributed by atoms with Crippen LogP contribution in [0.25, 0.3) is 0 Å². The van der Waals surface area contributed by atoms with Gasteiger partial charge in [0.1, 0.15) is 0 Å². The molecule has 74 valence electrons. The van der Waals surface area contributed by atoms with Gasteiger partial charge in [-0.05, 0) is 13.3 Å². The first-order valence-electron chi connectivity index (χ1n) is 4.06. The predicted octanol–water partition coefficient (Wildman–Crippen LogP) is 0.564. The van der Waals surface area contributed by atoms with Crippen LogP contribution in [0.3, 0.4) is 0 Å². The van der Waals surface area contributed by atoms with Crippen LogP contribution in [-0.2, 0) is 6.54 Å². The molecule has 6 heteroatoms. The molecule has 0 fully saturated rings. The molecule has 0 bridgehead atoms. The van der Waals surface area contributed by atoms with Crippen LogP contribution in [0.2, 0.25) is 0 Å². The molecule has 0 aliphatic carbocycles. The van der Waals surface area contributed by atoms with Crippen LogP contribution in [0.15, 0.2) is 4.42 Å². The number of nitrogens with zero attached hydrogens (tertiary/aromatic N) is 2. The minimum absolute atomic E-state index is 0.499. The first kappa shape index (κ1) is 10.3. The SMILES string of the molecule is CNCc1nnc(NCCSC)o1. The highest BCUT2D eigenvalue weighted by Crippen LogP contribution is 2.04. The van der Waals surface area contributed by atoms with Gasteiger partial charge in [0.15, 0.2) is 0 Å². The molecule has 1 aromatic rings. The molecule has 13 heavy (non-hydrogen) atoms. The van der Waals surface area contributed by atoms with Gasteiger partial charge in [0.25, 0.3) is 0 Å². The molecule has 0 spiro atoms. The van der Waals surface area contributed by atoms with Gasteiger partial charge >= 0.3 is 6.01 Å². The number of aromatic nitrogens is 2. The molecule has 5 nitrogen and oxygen atoms in total. The summed E-state index contributed by atoms with van der Waals surface area (Å²) < 4.78 is 5.27. The van der Waals surface area contributed by atoms with Gasteiger partial charge in [-0.1, -0.05) is 5.10 Å². The van der Waals surface area contributed by atoms with Gasteiger partial charge in [0.05, 0.1) is 6.54 Å². The van der Waals surface area contributed by atoms with Crippen molar-refractivity contribution in [2.24, 2.45) is 0 Å². The van der Waals surface area contributed by atoms with Crippen molar-refractivity contribution in [1.82, 2.24) is 15.5 Å². The summed E-state index contributed by atoms with van der Waals surface area (Å²) in [7, 11) is 1.84. The second-order valence-corrected chi connectivity index (χ2v) is 3.44. The Bertz CT molecular complexity index is 240. The quantitative estimate of drug-likeness (QED) is 0.657. The Kier molecular flexibility index (Phi) is 4.63. The lowest BCUT2D eigenvalue weighted by Gasteiger charge is -1.97. The van der Waals surface area contributed by atoms with Crippen LogP contribution in [0.4, 0.5) is 6.01 Å². The highest BCUT2D eigenvalue weighted by atomic mass is 32.2. The number of anilines is 1. The minimum Gasteiger partial charge on any atom is -0.407 e. The van der Waals surface area contributed by atoms with Crippen molar-refractivity contribution in [3.63, 3.8) is 0 Å². The molecule has 0 amide bonds. The van der Waals surface area contributed by atoms with E-state index in [1.54, 1.807) is 11.8 Å². The maximum atomic E-state index is 5.27. The molecule has 2 N–H and O–H groups in total. The molecular weight excluding hydrogens is 188 g/mol. The van der Waals surface area contributed by atoms with E-state index in [0.29, 0.717) is 18.5 Å². The Balaban J connectivity index is 2.31. The van der Waals surface area contributed by atoms with E-state index in [-0.39, 0.29) is 0 Å². The first-order valence-corrected chi connectivity index (χ1v) is 5.46. The molecule has 0 saturated carbocycles. The molecule has 0 aromatic carbocycles. The van der Waals surface area contributed by atoms with Crippen LogP contribution in [0.1, 0.15) is 5.89 Å². The zero-order valence-electron chi connectivity index (χ0n) is 7.83. The Morgan fingerprint density at radius 1 is 1.46 bits per heavy atom. The van der Waals surface area contributed by atoms with Gasteiger partial charge in [-0.15, -0.1) is 5.10 Å². The van der Waals surface area contributed by atoms with E-state index in [4.69, 9.17) is 4.42 Å². The fourth-order valence-corrected chi connectivity index (χ4v) is 1.11. The van der Waals surface area contributed by atoms with Crippen LogP contribution < -0.4 is 10.6 Å². The summed E-state index contributed by atoms with van der Waals surface area (Å²) >= 11 is 1.77. The molecular formula is C7H14N4OS. The highest BCUT2D eigenvalue weighted by Gasteiger charge is 2.02. The third kappa shape index (κ3) is 3.65. The molecule has 0 aliphatic heterocycles. The zero-order chi connectivity index (χ0) is 9.52. The van der Waals surface area contributed by atoms with Gasteiger partial charge in [-0.25, -0.2) is 0 Å². The van der Waals surface area contributed by atoms with Crippen LogP contribution in [0.5, 0.6) is 0 Å². The van der Waals surface area contributed by atoms with Gasteiger partial charge in [-0.3, -0.25) is 0 Å². The minimum atomic E-state index is 0.499. The lowest BCUT2D eigenvalue weighted by molar-refractivity contribution is 0.490. The normalized spacial score (nSPS) is 10.3. The van der Waals surface area contributed by atoms with Crippen molar-refractivity contribution in [3.05, 3.63) is 5.89 Å². The number of thioether (sulfide) groups is 1. The van der Waals surface area contributed by atoms with Crippen molar-refractivity contribution >= 4 is 17.8 Å². The van der Waals surface area contributed by atoms with E-state index in [1.807, 2.05) is 7.05 Å². The third-order valence-electron chi connectivity index (χ3n) is 1.38. The van der Waals surface area contributed by atoms with Crippen LogP contribution >= 0.6 is 11.8 Å². The average Bonchev–Trinajstić information content (AvgIpc) is 2.54. The van der Waals surface area contributed by atoms with Crippen LogP contribution in [-0.4, -0.2) is 35.8 Å². The standard InChI is InChI=1S/C7H14N4OS/c1-8-5-6-10-11-7(12-6)9-3-4-13-2/h8H,3-5H2,1-2H3,(H,9,11). The lowest BCUT2D eigenvalue weighted by atomic mass is 10.6. The number of nitrogens with one attached hydrogen (secondary N) is 2. The van der Waals surface area contributed by atoms with E-state index in [0.717, 1.165) is 12.3 Å². The topological polar surface area (TPSA) is 63.0 Å². The number of hydrogen-bond acceptors (Lipinski definition) is 6. The summed E-state index contributed by atoms with van der Waals surface area (Å²) in [5.74, 6) is 1.64. The van der Waals surface area contributed by atoms with E-state index in [1.165, 1.54) is 0 Å². The number of hydrogen-bond donors (Lipinski definition) is 2. The summed E-state index contributed by atoms with van der Waals surface area (Å²) in [6, 6.07) is 0.499. The first-order chi connectivity index (χ1) is 6.36. The molecule has 0 saturated heterocycles. The van der Waals surface area contributed by atoms with E-state index < -0.39 is 0 Å². The lowest BCUT2D eigenvalue weighted by Crippen LogP contribution is -2.05. The fraction of sp³-hybridized carbons (Fsp3) is 0.714. The second-order valence-electron chi connectivity index (χ2n) is 2.45. The Labute approximate surface area is 81.7 Å². The van der Waals surface area contributed by atoms with Gasteiger partial charge < -0.3 is 15.1 Å². The molecule has 1 rings (SSSR count). The van der Waals surface area contributed by atoms with Gasteiger partial charge in [0.2, 0.25) is 5.89 Å². The summed E-state index contributed by atoms with van der Waals surface area (Å²) in [6.45, 7) is 1.46. The summed E-state index contributed by atoms with van der Waals surface area (Å²) in [4.78, 5) is 0. The smallest absolute Gasteiger partial charge is 0.315 e. The summed E-state index contributed by atoms with van der Waals surface area (Å²) in [5.41, 5.74) is 0. The predicted molar refractivity (Wildman–Crippen MR) is 53.9 cm³/mol. The molecule has 0 aliphatic rings. The largest absolute Gasteiger partial charge is 0.407 e. The molecule has 1 aromatic heterocycles. The summed E-state index contributed by atoms with van der Waals surface area (Å²) in [5, 5.41) is 13.6. The Morgan fingerprint density at radius 3 is 3.00 bits per heavy atom. The monoisotopic (exact) mass is 202 g/mol. The van der Waals surface area contributed by atoms with Gasteiger partial charge in [-0.2, -0.15) is 11.8 Å². The van der Waals surface area contributed by atoms with E-state index in [2.05, 4.69) is 27.1 Å². The molecule has 0 atom stereocenters. The third-order valence-corrected chi connectivity index (χ3v) is 1.99. The maximum absolute atomic E-state index is 5.27. The van der Waals surface area contributed by atoms with E-state index in [9.17, 15) is 0 Å². The molecule has 1 heterocycles. The van der Waals surface area contributed by atoms with Gasteiger partial charge in [0, 0.05) is 12.3 Å². The maximum Gasteiger partial charge on any atom is 0.315 e. The van der Waals surface area contributed by atoms with Crippen LogP contribution in [0, 0.1) is 0 Å². The van der Waals surface area contributed by atoms with Crippen molar-refractivity contribution in [2.75, 3.05) is 30.9 Å². The van der Waals surface area contributed by atoms with Crippen molar-refractivity contribution < 1.29 is 4.42 Å². The average molecular weight is 202 g/mol. The Hall–Kier alpha value is -0.750. The Morgan fingerprint density at radius 2 is 2.31 bits per heavy atom. The molecule has 0 unspecified atom stereocenters. The van der Waals surface area contributed by atoms with Crippen molar-refractivity contribution in [3.8, 4) is 0 Å². The molecule has 0 radical (unpaired) electrons. The van der Waals surface area contributed by atoms with Crippen molar-refractivity contribution in [1.29, 1.82) is 0 Å². The zero-order valence-corrected chi connectivity index (χ0v) is 8.65. The fourth-order valence-electron chi connectivity index (χ4n) is 0.808. The number of rotatable bonds is 6. The highest BCUT2D eigenvalue weighted by molar-refractivity contribution is 7.98. The second kappa shape index (κ2) is 5.82. The van der Waals surface area contributed by atoms with E-state index >= 15 is 0 Å². The van der Waals surface area contributed by atoms with Crippen molar-refractivity contribution in [2.45, 2.75) is 6.54 Å². The summed E-state index contributed by atoms with van der Waals surface area (Å²) in [6.07, 6.45) is 2.06.